The third-order valence-corrected chi connectivity index (χ3v) is 3.54. The second-order valence-corrected chi connectivity index (χ2v) is 6.32. The lowest BCUT2D eigenvalue weighted by Crippen LogP contribution is -2.33. The number of amides is 1. The summed E-state index contributed by atoms with van der Waals surface area (Å²) in [5, 5.41) is 6.45. The van der Waals surface area contributed by atoms with Crippen molar-refractivity contribution >= 4 is 11.6 Å². The summed E-state index contributed by atoms with van der Waals surface area (Å²) in [4.78, 5) is 12.5. The number of nitrogens with one attached hydrogen (secondary N) is 2. The summed E-state index contributed by atoms with van der Waals surface area (Å²) in [6.45, 7) is 11.5. The van der Waals surface area contributed by atoms with Gasteiger partial charge >= 0.3 is 0 Å². The van der Waals surface area contributed by atoms with E-state index in [-0.39, 0.29) is 11.9 Å². The largest absolute Gasteiger partial charge is 0.384 e. The summed E-state index contributed by atoms with van der Waals surface area (Å²) in [5.41, 5.74) is 2.79. The zero-order valence-corrected chi connectivity index (χ0v) is 14.1. The van der Waals surface area contributed by atoms with Gasteiger partial charge in [-0.2, -0.15) is 0 Å². The van der Waals surface area contributed by atoms with Crippen LogP contribution in [0.1, 0.15) is 62.9 Å². The Morgan fingerprint density at radius 3 is 2.52 bits per heavy atom. The molecule has 1 aromatic carbocycles. The zero-order chi connectivity index (χ0) is 15.8. The van der Waals surface area contributed by atoms with Crippen LogP contribution in [0, 0.1) is 12.8 Å². The van der Waals surface area contributed by atoms with Crippen LogP contribution in [0.15, 0.2) is 18.2 Å². The molecule has 0 saturated heterocycles. The number of rotatable bonds is 8. The molecule has 0 radical (unpaired) electrons. The van der Waals surface area contributed by atoms with Crippen molar-refractivity contribution in [1.82, 2.24) is 5.32 Å². The van der Waals surface area contributed by atoms with E-state index >= 15 is 0 Å². The molecule has 3 heteroatoms. The minimum Gasteiger partial charge on any atom is -0.384 e. The number of carbonyl (C=O) groups is 1. The van der Waals surface area contributed by atoms with Crippen molar-refractivity contribution < 1.29 is 4.79 Å². The summed E-state index contributed by atoms with van der Waals surface area (Å²) >= 11 is 0. The number of hydrogen-bond acceptors (Lipinski definition) is 2. The maximum Gasteiger partial charge on any atom is 0.253 e. The second kappa shape index (κ2) is 8.71. The highest BCUT2D eigenvalue weighted by molar-refractivity contribution is 6.00. The van der Waals surface area contributed by atoms with Gasteiger partial charge in [0.25, 0.3) is 5.91 Å². The minimum absolute atomic E-state index is 0.0218. The lowest BCUT2D eigenvalue weighted by atomic mass is 10.0. The van der Waals surface area contributed by atoms with Crippen LogP contribution in [0.3, 0.4) is 0 Å². The maximum absolute atomic E-state index is 12.5. The molecular formula is C18H30N2O. The van der Waals surface area contributed by atoms with Crippen molar-refractivity contribution in [2.75, 3.05) is 11.9 Å². The van der Waals surface area contributed by atoms with Gasteiger partial charge in [0, 0.05) is 18.3 Å². The molecule has 1 rings (SSSR count). The molecule has 21 heavy (non-hydrogen) atoms. The second-order valence-electron chi connectivity index (χ2n) is 6.32. The number of anilines is 1. The van der Waals surface area contributed by atoms with Crippen LogP contribution in [-0.4, -0.2) is 18.5 Å². The van der Waals surface area contributed by atoms with E-state index in [0.29, 0.717) is 5.92 Å². The quantitative estimate of drug-likeness (QED) is 0.746. The van der Waals surface area contributed by atoms with Gasteiger partial charge in [-0.25, -0.2) is 0 Å². The number of hydrogen-bond donors (Lipinski definition) is 2. The van der Waals surface area contributed by atoms with Gasteiger partial charge in [0.2, 0.25) is 0 Å². The number of benzene rings is 1. The topological polar surface area (TPSA) is 41.1 Å². The third kappa shape index (κ3) is 6.19. The highest BCUT2D eigenvalue weighted by atomic mass is 16.1. The SMILES string of the molecule is CCCNc1ccc(C)cc1C(=O)NC(C)CCC(C)C. The van der Waals surface area contributed by atoms with Crippen molar-refractivity contribution in [3.05, 3.63) is 29.3 Å². The summed E-state index contributed by atoms with van der Waals surface area (Å²) in [6, 6.07) is 6.21. The molecule has 0 aliphatic heterocycles. The molecule has 0 aliphatic carbocycles. The Bertz CT molecular complexity index is 455. The first-order chi connectivity index (χ1) is 9.93. The number of aryl methyl sites for hydroxylation is 1. The average molecular weight is 290 g/mol. The molecule has 3 nitrogen and oxygen atoms in total. The van der Waals surface area contributed by atoms with E-state index in [1.807, 2.05) is 25.1 Å². The predicted molar refractivity (Wildman–Crippen MR) is 91.0 cm³/mol. The first-order valence-corrected chi connectivity index (χ1v) is 8.09. The highest BCUT2D eigenvalue weighted by Crippen LogP contribution is 2.18. The fourth-order valence-electron chi connectivity index (χ4n) is 2.22. The molecule has 1 unspecified atom stereocenters. The molecule has 0 fully saturated rings. The Morgan fingerprint density at radius 1 is 1.19 bits per heavy atom. The first kappa shape index (κ1) is 17.5. The van der Waals surface area contributed by atoms with Crippen LogP contribution in [0.4, 0.5) is 5.69 Å². The van der Waals surface area contributed by atoms with Crippen LogP contribution in [0.2, 0.25) is 0 Å². The summed E-state index contributed by atoms with van der Waals surface area (Å²) in [5.74, 6) is 0.693. The lowest BCUT2D eigenvalue weighted by Gasteiger charge is -2.17. The molecule has 0 heterocycles. The van der Waals surface area contributed by atoms with Crippen LogP contribution >= 0.6 is 0 Å². The zero-order valence-electron chi connectivity index (χ0n) is 14.1. The molecule has 0 aromatic heterocycles. The van der Waals surface area contributed by atoms with Gasteiger partial charge in [0.05, 0.1) is 5.56 Å². The maximum atomic E-state index is 12.5. The Labute approximate surface area is 129 Å². The molecule has 0 spiro atoms. The van der Waals surface area contributed by atoms with Crippen molar-refractivity contribution in [3.8, 4) is 0 Å². The summed E-state index contributed by atoms with van der Waals surface area (Å²) in [6.07, 6.45) is 3.20. The van der Waals surface area contributed by atoms with Crippen molar-refractivity contribution in [2.24, 2.45) is 5.92 Å². The molecule has 0 bridgehead atoms. The predicted octanol–water partition coefficient (Wildman–Crippen LogP) is 4.37. The van der Waals surface area contributed by atoms with Crippen LogP contribution in [-0.2, 0) is 0 Å². The smallest absolute Gasteiger partial charge is 0.253 e. The Kier molecular flexibility index (Phi) is 7.27. The van der Waals surface area contributed by atoms with Gasteiger partial charge in [0.1, 0.15) is 0 Å². The first-order valence-electron chi connectivity index (χ1n) is 8.09. The molecule has 118 valence electrons. The Morgan fingerprint density at radius 2 is 1.90 bits per heavy atom. The van der Waals surface area contributed by atoms with Gasteiger partial charge in [0.15, 0.2) is 0 Å². The molecule has 1 atom stereocenters. The fraction of sp³-hybridized carbons (Fsp3) is 0.611. The van der Waals surface area contributed by atoms with Gasteiger partial charge in [-0.1, -0.05) is 32.4 Å². The van der Waals surface area contributed by atoms with Gasteiger partial charge in [-0.15, -0.1) is 0 Å². The van der Waals surface area contributed by atoms with Crippen molar-refractivity contribution in [2.45, 2.75) is 59.9 Å². The molecule has 1 aromatic rings. The van der Waals surface area contributed by atoms with Gasteiger partial charge < -0.3 is 10.6 Å². The Hall–Kier alpha value is -1.51. The fourth-order valence-corrected chi connectivity index (χ4v) is 2.22. The normalized spacial score (nSPS) is 12.3. The van der Waals surface area contributed by atoms with Crippen LogP contribution < -0.4 is 10.6 Å². The highest BCUT2D eigenvalue weighted by Gasteiger charge is 2.14. The standard InChI is InChI=1S/C18H30N2O/c1-6-11-19-17-10-8-14(4)12-16(17)18(21)20-15(5)9-7-13(2)3/h8,10,12-13,15,19H,6-7,9,11H2,1-5H3,(H,20,21). The average Bonchev–Trinajstić information content (AvgIpc) is 2.43. The molecule has 1 amide bonds. The van der Waals surface area contributed by atoms with Crippen molar-refractivity contribution in [3.63, 3.8) is 0 Å². The van der Waals surface area contributed by atoms with Gasteiger partial charge in [-0.3, -0.25) is 4.79 Å². The van der Waals surface area contributed by atoms with E-state index in [9.17, 15) is 4.79 Å². The van der Waals surface area contributed by atoms with E-state index in [1.54, 1.807) is 0 Å². The molecule has 0 saturated carbocycles. The van der Waals surface area contributed by atoms with E-state index in [2.05, 4.69) is 38.3 Å². The third-order valence-electron chi connectivity index (χ3n) is 3.54. The van der Waals surface area contributed by atoms with Crippen molar-refractivity contribution in [1.29, 1.82) is 0 Å². The van der Waals surface area contributed by atoms with E-state index in [0.717, 1.165) is 42.6 Å². The molecule has 2 N–H and O–H groups in total. The monoisotopic (exact) mass is 290 g/mol. The van der Waals surface area contributed by atoms with E-state index in [4.69, 9.17) is 0 Å². The van der Waals surface area contributed by atoms with E-state index in [1.165, 1.54) is 0 Å². The Balaban J connectivity index is 2.73. The minimum atomic E-state index is 0.0218. The van der Waals surface area contributed by atoms with Crippen LogP contribution in [0.25, 0.3) is 0 Å². The molecular weight excluding hydrogens is 260 g/mol. The number of carbonyl (C=O) groups excluding carboxylic acids is 1. The van der Waals surface area contributed by atoms with Crippen LogP contribution in [0.5, 0.6) is 0 Å². The lowest BCUT2D eigenvalue weighted by molar-refractivity contribution is 0.0938. The molecule has 0 aliphatic rings. The summed E-state index contributed by atoms with van der Waals surface area (Å²) < 4.78 is 0. The van der Waals surface area contributed by atoms with E-state index < -0.39 is 0 Å². The summed E-state index contributed by atoms with van der Waals surface area (Å²) in [7, 11) is 0. The van der Waals surface area contributed by atoms with Gasteiger partial charge in [-0.05, 0) is 51.2 Å².